The first-order valence-electron chi connectivity index (χ1n) is 7.17. The van der Waals surface area contributed by atoms with Crippen LogP contribution in [-0.2, 0) is 22.5 Å². The van der Waals surface area contributed by atoms with Crippen LogP contribution < -0.4 is 4.90 Å². The van der Waals surface area contributed by atoms with Crippen LogP contribution in [0.15, 0.2) is 35.7 Å². The molecule has 6 nitrogen and oxygen atoms in total. The molecule has 1 aliphatic heterocycles. The van der Waals surface area contributed by atoms with E-state index in [1.54, 1.807) is 13.4 Å². The maximum Gasteiger partial charge on any atom is 0.237 e. The van der Waals surface area contributed by atoms with Gasteiger partial charge in [-0.25, -0.2) is 0 Å². The summed E-state index contributed by atoms with van der Waals surface area (Å²) in [5, 5.41) is 8.71. The van der Waals surface area contributed by atoms with Crippen LogP contribution in [0.3, 0.4) is 0 Å². The number of aromatic nitrogens is 3. The van der Waals surface area contributed by atoms with Gasteiger partial charge < -0.3 is 14.2 Å². The lowest BCUT2D eigenvalue weighted by atomic mass is 10.2. The number of carbonyl (C=O) groups excluding carboxylic acids is 1. The van der Waals surface area contributed by atoms with E-state index in [4.69, 9.17) is 4.74 Å². The highest BCUT2D eigenvalue weighted by Crippen LogP contribution is 2.28. The minimum Gasteiger partial charge on any atom is -0.383 e. The number of nitrogens with zero attached hydrogens (tertiary/aromatic N) is 4. The normalized spacial score (nSPS) is 13.4. The van der Waals surface area contributed by atoms with Crippen LogP contribution in [0.25, 0.3) is 0 Å². The molecule has 0 fully saturated rings. The van der Waals surface area contributed by atoms with Gasteiger partial charge in [0, 0.05) is 25.9 Å². The van der Waals surface area contributed by atoms with E-state index in [9.17, 15) is 4.79 Å². The molecule has 0 radical (unpaired) electrons. The predicted octanol–water partition coefficient (Wildman–Crippen LogP) is 1.61. The van der Waals surface area contributed by atoms with Crippen molar-refractivity contribution in [2.75, 3.05) is 30.9 Å². The Kier molecular flexibility index (Phi) is 4.74. The SMILES string of the molecule is COCCn1cnnc1SCC(=O)N1CCc2ccccc21. The van der Waals surface area contributed by atoms with Gasteiger partial charge in [0.05, 0.1) is 12.4 Å². The fourth-order valence-corrected chi connectivity index (χ4v) is 3.32. The molecule has 22 heavy (non-hydrogen) atoms. The van der Waals surface area contributed by atoms with E-state index in [2.05, 4.69) is 16.3 Å². The zero-order valence-electron chi connectivity index (χ0n) is 12.4. The van der Waals surface area contributed by atoms with Crippen molar-refractivity contribution < 1.29 is 9.53 Å². The average molecular weight is 318 g/mol. The molecular formula is C15H18N4O2S. The molecule has 1 aromatic carbocycles. The van der Waals surface area contributed by atoms with Crippen LogP contribution in [0.5, 0.6) is 0 Å². The van der Waals surface area contributed by atoms with Crippen LogP contribution in [0.4, 0.5) is 5.69 Å². The Morgan fingerprint density at radius 1 is 1.41 bits per heavy atom. The zero-order chi connectivity index (χ0) is 15.4. The summed E-state index contributed by atoms with van der Waals surface area (Å²) in [5.74, 6) is 0.469. The Morgan fingerprint density at radius 2 is 2.27 bits per heavy atom. The van der Waals surface area contributed by atoms with E-state index in [-0.39, 0.29) is 5.91 Å². The van der Waals surface area contributed by atoms with Crippen molar-refractivity contribution in [3.8, 4) is 0 Å². The van der Waals surface area contributed by atoms with Crippen molar-refractivity contribution in [3.63, 3.8) is 0 Å². The summed E-state index contributed by atoms with van der Waals surface area (Å²) in [7, 11) is 1.66. The van der Waals surface area contributed by atoms with Gasteiger partial charge >= 0.3 is 0 Å². The monoisotopic (exact) mass is 318 g/mol. The second-order valence-electron chi connectivity index (χ2n) is 5.01. The number of ether oxygens (including phenoxy) is 1. The smallest absolute Gasteiger partial charge is 0.237 e. The molecule has 0 saturated carbocycles. The minimum atomic E-state index is 0.108. The summed E-state index contributed by atoms with van der Waals surface area (Å²) < 4.78 is 6.96. The van der Waals surface area contributed by atoms with Gasteiger partial charge in [0.15, 0.2) is 5.16 Å². The summed E-state index contributed by atoms with van der Waals surface area (Å²) >= 11 is 1.42. The highest BCUT2D eigenvalue weighted by Gasteiger charge is 2.24. The maximum atomic E-state index is 12.5. The molecule has 116 valence electrons. The molecule has 0 spiro atoms. The van der Waals surface area contributed by atoms with Crippen LogP contribution in [0.1, 0.15) is 5.56 Å². The van der Waals surface area contributed by atoms with E-state index in [0.717, 1.165) is 23.8 Å². The third kappa shape index (κ3) is 3.15. The molecule has 0 bridgehead atoms. The molecule has 0 atom stereocenters. The number of hydrogen-bond donors (Lipinski definition) is 0. The standard InChI is InChI=1S/C15H18N4O2S/c1-21-9-8-18-11-16-17-15(18)22-10-14(20)19-7-6-12-4-2-3-5-13(12)19/h2-5,11H,6-10H2,1H3. The topological polar surface area (TPSA) is 60.2 Å². The Morgan fingerprint density at radius 3 is 3.14 bits per heavy atom. The quantitative estimate of drug-likeness (QED) is 0.757. The predicted molar refractivity (Wildman–Crippen MR) is 85.1 cm³/mol. The van der Waals surface area contributed by atoms with Crippen molar-refractivity contribution in [1.82, 2.24) is 14.8 Å². The van der Waals surface area contributed by atoms with Crippen LogP contribution >= 0.6 is 11.8 Å². The first kappa shape index (κ1) is 15.1. The van der Waals surface area contributed by atoms with Crippen molar-refractivity contribution in [2.45, 2.75) is 18.1 Å². The van der Waals surface area contributed by atoms with E-state index in [1.165, 1.54) is 17.3 Å². The molecule has 0 N–H and O–H groups in total. The van der Waals surface area contributed by atoms with Crippen molar-refractivity contribution in [3.05, 3.63) is 36.2 Å². The first-order chi connectivity index (χ1) is 10.8. The fraction of sp³-hybridized carbons (Fsp3) is 0.400. The number of amides is 1. The number of hydrogen-bond acceptors (Lipinski definition) is 5. The lowest BCUT2D eigenvalue weighted by Gasteiger charge is -2.16. The maximum absolute atomic E-state index is 12.5. The second-order valence-corrected chi connectivity index (χ2v) is 5.95. The summed E-state index contributed by atoms with van der Waals surface area (Å²) in [6.07, 6.45) is 2.59. The van der Waals surface area contributed by atoms with Gasteiger partial charge in [-0.1, -0.05) is 30.0 Å². The highest BCUT2D eigenvalue weighted by molar-refractivity contribution is 7.99. The van der Waals surface area contributed by atoms with Gasteiger partial charge in [-0.2, -0.15) is 0 Å². The van der Waals surface area contributed by atoms with Gasteiger partial charge in [-0.05, 0) is 18.1 Å². The molecule has 1 aliphatic rings. The van der Waals surface area contributed by atoms with Gasteiger partial charge in [-0.3, -0.25) is 4.79 Å². The fourth-order valence-electron chi connectivity index (χ4n) is 2.50. The largest absolute Gasteiger partial charge is 0.383 e. The second kappa shape index (κ2) is 6.93. The third-order valence-corrected chi connectivity index (χ3v) is 4.59. The third-order valence-electron chi connectivity index (χ3n) is 3.63. The van der Waals surface area contributed by atoms with Gasteiger partial charge in [-0.15, -0.1) is 10.2 Å². The minimum absolute atomic E-state index is 0.108. The number of methoxy groups -OCH3 is 1. The molecule has 1 aromatic heterocycles. The average Bonchev–Trinajstić information content (AvgIpc) is 3.17. The van der Waals surface area contributed by atoms with E-state index in [1.807, 2.05) is 27.7 Å². The number of fused-ring (bicyclic) bond motifs is 1. The molecule has 3 rings (SSSR count). The molecule has 2 heterocycles. The summed E-state index contributed by atoms with van der Waals surface area (Å²) in [4.78, 5) is 14.3. The van der Waals surface area contributed by atoms with Gasteiger partial charge in [0.2, 0.25) is 5.91 Å². The van der Waals surface area contributed by atoms with Crippen LogP contribution in [0, 0.1) is 0 Å². The van der Waals surface area contributed by atoms with Gasteiger partial charge in [0.1, 0.15) is 6.33 Å². The number of carbonyl (C=O) groups is 1. The van der Waals surface area contributed by atoms with Crippen molar-refractivity contribution in [2.24, 2.45) is 0 Å². The number of para-hydroxylation sites is 1. The van der Waals surface area contributed by atoms with Crippen molar-refractivity contribution in [1.29, 1.82) is 0 Å². The zero-order valence-corrected chi connectivity index (χ0v) is 13.3. The number of anilines is 1. The molecule has 0 unspecified atom stereocenters. The lowest BCUT2D eigenvalue weighted by Crippen LogP contribution is -2.30. The number of thioether (sulfide) groups is 1. The Hall–Kier alpha value is -1.86. The van der Waals surface area contributed by atoms with Crippen LogP contribution in [-0.4, -0.2) is 46.7 Å². The van der Waals surface area contributed by atoms with E-state index in [0.29, 0.717) is 18.9 Å². The molecule has 0 saturated heterocycles. The number of benzene rings is 1. The summed E-state index contributed by atoms with van der Waals surface area (Å²) in [5.41, 5.74) is 2.28. The van der Waals surface area contributed by atoms with E-state index >= 15 is 0 Å². The van der Waals surface area contributed by atoms with Gasteiger partial charge in [0.25, 0.3) is 0 Å². The Bertz CT molecular complexity index is 658. The van der Waals surface area contributed by atoms with Crippen LogP contribution in [0.2, 0.25) is 0 Å². The summed E-state index contributed by atoms with van der Waals surface area (Å²) in [6.45, 7) is 2.04. The Labute approximate surface area is 133 Å². The molecule has 0 aliphatic carbocycles. The Balaban J connectivity index is 1.61. The summed E-state index contributed by atoms with van der Waals surface area (Å²) in [6, 6.07) is 8.07. The number of rotatable bonds is 6. The highest BCUT2D eigenvalue weighted by atomic mass is 32.2. The molecule has 2 aromatic rings. The molecule has 1 amide bonds. The van der Waals surface area contributed by atoms with Crippen molar-refractivity contribution >= 4 is 23.4 Å². The van der Waals surface area contributed by atoms with E-state index < -0.39 is 0 Å². The molecular weight excluding hydrogens is 300 g/mol. The lowest BCUT2D eigenvalue weighted by molar-refractivity contribution is -0.116. The molecule has 7 heteroatoms. The first-order valence-corrected chi connectivity index (χ1v) is 8.16.